The molecule has 0 fully saturated rings. The summed E-state index contributed by atoms with van der Waals surface area (Å²) in [5, 5.41) is 2.19. The van der Waals surface area contributed by atoms with Gasteiger partial charge in [-0.25, -0.2) is 4.57 Å². The Balaban J connectivity index is 2.06. The lowest BCUT2D eigenvalue weighted by Gasteiger charge is -2.04. The number of rotatable bonds is 1. The lowest BCUT2D eigenvalue weighted by Crippen LogP contribution is -2.30. The van der Waals surface area contributed by atoms with Gasteiger partial charge in [-0.3, -0.25) is 4.98 Å². The molecule has 0 atom stereocenters. The van der Waals surface area contributed by atoms with Crippen molar-refractivity contribution in [1.82, 2.24) is 4.98 Å². The topological polar surface area (TPSA) is 29.9 Å². The number of hydrogen-bond donors (Lipinski definition) is 0. The van der Waals surface area contributed by atoms with Crippen LogP contribution in [0, 0.1) is 6.92 Å². The molecule has 3 nitrogen and oxygen atoms in total. The van der Waals surface area contributed by atoms with Crippen molar-refractivity contribution in [1.29, 1.82) is 0 Å². The van der Waals surface area contributed by atoms with Gasteiger partial charge in [-0.15, -0.1) is 0 Å². The molecule has 102 valence electrons. The molecule has 3 heteroatoms. The number of aromatic nitrogens is 2. The first-order valence-corrected chi connectivity index (χ1v) is 6.96. The zero-order valence-corrected chi connectivity index (χ0v) is 12.0. The van der Waals surface area contributed by atoms with E-state index in [2.05, 4.69) is 54.0 Å². The molecule has 0 amide bonds. The van der Waals surface area contributed by atoms with E-state index in [1.807, 2.05) is 18.3 Å². The van der Waals surface area contributed by atoms with Crippen LogP contribution in [-0.4, -0.2) is 4.98 Å². The maximum Gasteiger partial charge on any atom is 0.212 e. The Morgan fingerprint density at radius 1 is 1.05 bits per heavy atom. The van der Waals surface area contributed by atoms with Crippen LogP contribution in [-0.2, 0) is 7.05 Å². The van der Waals surface area contributed by atoms with E-state index in [9.17, 15) is 0 Å². The molecule has 4 aromatic rings. The number of fused-ring (bicyclic) bond motifs is 3. The predicted molar refractivity (Wildman–Crippen MR) is 82.9 cm³/mol. The van der Waals surface area contributed by atoms with Gasteiger partial charge in [0.15, 0.2) is 6.20 Å². The largest absolute Gasteiger partial charge is 0.456 e. The van der Waals surface area contributed by atoms with Gasteiger partial charge in [-0.05, 0) is 36.8 Å². The van der Waals surface area contributed by atoms with Crippen LogP contribution in [0.25, 0.3) is 33.2 Å². The highest BCUT2D eigenvalue weighted by molar-refractivity contribution is 6.05. The van der Waals surface area contributed by atoms with E-state index in [0.717, 1.165) is 21.9 Å². The zero-order valence-electron chi connectivity index (χ0n) is 12.0. The summed E-state index contributed by atoms with van der Waals surface area (Å²) in [6.07, 6.45) is 5.68. The predicted octanol–water partition coefficient (Wildman–Crippen LogP) is 3.78. The summed E-state index contributed by atoms with van der Waals surface area (Å²) in [5.74, 6) is 0. The molecule has 0 N–H and O–H groups in total. The minimum Gasteiger partial charge on any atom is -0.456 e. The molecule has 0 saturated carbocycles. The third-order valence-corrected chi connectivity index (χ3v) is 3.95. The molecule has 0 bridgehead atoms. The first kappa shape index (κ1) is 12.1. The van der Waals surface area contributed by atoms with Crippen LogP contribution in [0.3, 0.4) is 0 Å². The van der Waals surface area contributed by atoms with Crippen molar-refractivity contribution in [3.8, 4) is 11.3 Å². The Labute approximate surface area is 122 Å². The van der Waals surface area contributed by atoms with Crippen molar-refractivity contribution >= 4 is 21.9 Å². The van der Waals surface area contributed by atoms with Crippen molar-refractivity contribution in [2.24, 2.45) is 7.05 Å². The Bertz CT molecular complexity index is 969. The van der Waals surface area contributed by atoms with E-state index in [-0.39, 0.29) is 0 Å². The van der Waals surface area contributed by atoms with Gasteiger partial charge in [0, 0.05) is 35.3 Å². The van der Waals surface area contributed by atoms with E-state index >= 15 is 0 Å². The van der Waals surface area contributed by atoms with Crippen LogP contribution in [0.1, 0.15) is 5.56 Å². The van der Waals surface area contributed by atoms with Crippen molar-refractivity contribution < 1.29 is 8.98 Å². The number of pyridine rings is 2. The molecule has 1 aromatic carbocycles. The molecular formula is C18H15N2O+. The van der Waals surface area contributed by atoms with E-state index in [0.29, 0.717) is 0 Å². The number of hydrogen-bond acceptors (Lipinski definition) is 2. The van der Waals surface area contributed by atoms with Gasteiger partial charge < -0.3 is 4.42 Å². The summed E-state index contributed by atoms with van der Waals surface area (Å²) < 4.78 is 8.08. The van der Waals surface area contributed by atoms with Crippen LogP contribution >= 0.6 is 0 Å². The summed E-state index contributed by atoms with van der Waals surface area (Å²) in [5.41, 5.74) is 5.39. The van der Waals surface area contributed by atoms with Gasteiger partial charge in [-0.2, -0.15) is 0 Å². The molecule has 0 aliphatic carbocycles. The Hall–Kier alpha value is -2.68. The molecule has 0 saturated heterocycles. The van der Waals surface area contributed by atoms with Gasteiger partial charge in [0.25, 0.3) is 0 Å². The highest BCUT2D eigenvalue weighted by atomic mass is 16.3. The maximum absolute atomic E-state index is 5.96. The fourth-order valence-electron chi connectivity index (χ4n) is 2.85. The van der Waals surface area contributed by atoms with E-state index in [4.69, 9.17) is 4.42 Å². The van der Waals surface area contributed by atoms with Gasteiger partial charge in [0.1, 0.15) is 18.2 Å². The Morgan fingerprint density at radius 3 is 2.81 bits per heavy atom. The van der Waals surface area contributed by atoms with Crippen molar-refractivity contribution in [2.75, 3.05) is 0 Å². The number of benzene rings is 1. The van der Waals surface area contributed by atoms with Crippen LogP contribution in [0.5, 0.6) is 0 Å². The quantitative estimate of drug-likeness (QED) is 0.495. The fourth-order valence-corrected chi connectivity index (χ4v) is 2.85. The molecule has 0 radical (unpaired) electrons. The summed E-state index contributed by atoms with van der Waals surface area (Å²) in [4.78, 5) is 4.20. The average molecular weight is 275 g/mol. The molecule has 0 spiro atoms. The van der Waals surface area contributed by atoms with Gasteiger partial charge in [0.2, 0.25) is 5.69 Å². The van der Waals surface area contributed by atoms with Gasteiger partial charge in [0.05, 0.1) is 5.56 Å². The smallest absolute Gasteiger partial charge is 0.212 e. The normalized spacial score (nSPS) is 11.3. The Kier molecular flexibility index (Phi) is 2.54. The standard InChI is InChI=1S/C18H15N2O/c1-12-9-14-15-11-19-7-6-17(15)21-18(14)10-13(12)16-5-3-4-8-20(16)2/h3-11H,1-2H3/q+1. The number of nitrogens with zero attached hydrogens (tertiary/aromatic N) is 2. The second-order valence-electron chi connectivity index (χ2n) is 5.33. The summed E-state index contributed by atoms with van der Waals surface area (Å²) in [6.45, 7) is 2.14. The lowest BCUT2D eigenvalue weighted by atomic mass is 10.0. The van der Waals surface area contributed by atoms with Crippen LogP contribution in [0.15, 0.2) is 59.4 Å². The van der Waals surface area contributed by atoms with E-state index < -0.39 is 0 Å². The molecule has 3 heterocycles. The molecule has 0 unspecified atom stereocenters. The van der Waals surface area contributed by atoms with Crippen molar-refractivity contribution in [3.05, 3.63) is 60.6 Å². The van der Waals surface area contributed by atoms with Crippen LogP contribution in [0.4, 0.5) is 0 Å². The molecule has 0 aliphatic heterocycles. The van der Waals surface area contributed by atoms with Crippen molar-refractivity contribution in [2.45, 2.75) is 6.92 Å². The van der Waals surface area contributed by atoms with Gasteiger partial charge in [-0.1, -0.05) is 0 Å². The number of aryl methyl sites for hydroxylation is 2. The second kappa shape index (κ2) is 4.42. The van der Waals surface area contributed by atoms with E-state index in [1.54, 1.807) is 6.20 Å². The van der Waals surface area contributed by atoms with Gasteiger partial charge >= 0.3 is 0 Å². The second-order valence-corrected chi connectivity index (χ2v) is 5.33. The summed E-state index contributed by atoms with van der Waals surface area (Å²) in [6, 6.07) is 12.4. The molecule has 3 aromatic heterocycles. The van der Waals surface area contributed by atoms with E-state index in [1.165, 1.54) is 16.8 Å². The molecule has 21 heavy (non-hydrogen) atoms. The third-order valence-electron chi connectivity index (χ3n) is 3.95. The highest BCUT2D eigenvalue weighted by Crippen LogP contribution is 2.32. The van der Waals surface area contributed by atoms with Crippen LogP contribution < -0.4 is 4.57 Å². The lowest BCUT2D eigenvalue weighted by molar-refractivity contribution is -0.660. The first-order chi connectivity index (χ1) is 10.2. The molecule has 4 rings (SSSR count). The molecule has 0 aliphatic rings. The monoisotopic (exact) mass is 275 g/mol. The fraction of sp³-hybridized carbons (Fsp3) is 0.111. The van der Waals surface area contributed by atoms with Crippen LogP contribution in [0.2, 0.25) is 0 Å². The zero-order chi connectivity index (χ0) is 14.4. The third kappa shape index (κ3) is 1.82. The summed E-state index contributed by atoms with van der Waals surface area (Å²) in [7, 11) is 2.06. The Morgan fingerprint density at radius 2 is 1.95 bits per heavy atom. The molecular weight excluding hydrogens is 260 g/mol. The minimum absolute atomic E-state index is 0.883. The minimum atomic E-state index is 0.883. The SMILES string of the molecule is Cc1cc2c(cc1-c1cccc[n+]1C)oc1ccncc12. The maximum atomic E-state index is 5.96. The highest BCUT2D eigenvalue weighted by Gasteiger charge is 2.15. The van der Waals surface area contributed by atoms with Crippen molar-refractivity contribution in [3.63, 3.8) is 0 Å². The summed E-state index contributed by atoms with van der Waals surface area (Å²) >= 11 is 0. The average Bonchev–Trinajstić information content (AvgIpc) is 2.85. The first-order valence-electron chi connectivity index (χ1n) is 6.96. The number of furan rings is 1.